The summed E-state index contributed by atoms with van der Waals surface area (Å²) < 4.78 is 12.1. The molecule has 3 unspecified atom stereocenters. The van der Waals surface area contributed by atoms with Gasteiger partial charge in [0.25, 0.3) is 0 Å². The quantitative estimate of drug-likeness (QED) is 0.872. The van der Waals surface area contributed by atoms with Crippen molar-refractivity contribution in [1.29, 1.82) is 0 Å². The van der Waals surface area contributed by atoms with Crippen LogP contribution in [0.4, 0.5) is 0 Å². The highest BCUT2D eigenvalue weighted by atomic mass is 79.9. The molecular weight excluding hydrogens is 298 g/mol. The second-order valence-corrected chi connectivity index (χ2v) is 6.88. The number of halogens is 1. The molecule has 17 heavy (non-hydrogen) atoms. The third-order valence-electron chi connectivity index (χ3n) is 2.74. The summed E-state index contributed by atoms with van der Waals surface area (Å²) in [6.07, 6.45) is 2.70. The van der Waals surface area contributed by atoms with E-state index in [9.17, 15) is 4.21 Å². The van der Waals surface area contributed by atoms with Gasteiger partial charge in [0.05, 0.1) is 0 Å². The molecule has 3 atom stereocenters. The summed E-state index contributed by atoms with van der Waals surface area (Å²) >= 11 is 3.43. The van der Waals surface area contributed by atoms with Gasteiger partial charge in [-0.2, -0.15) is 0 Å². The molecular formula is C13H20BrNOS. The van der Waals surface area contributed by atoms with E-state index in [0.29, 0.717) is 12.1 Å². The maximum atomic E-state index is 11.0. The van der Waals surface area contributed by atoms with Gasteiger partial charge in [0.2, 0.25) is 0 Å². The van der Waals surface area contributed by atoms with Gasteiger partial charge in [0.15, 0.2) is 0 Å². The Hall–Kier alpha value is -0.190. The van der Waals surface area contributed by atoms with E-state index in [1.54, 1.807) is 6.26 Å². The summed E-state index contributed by atoms with van der Waals surface area (Å²) in [5.41, 5.74) is 1.28. The summed E-state index contributed by atoms with van der Waals surface area (Å²) in [6.45, 7) is 4.30. The van der Waals surface area contributed by atoms with Crippen molar-refractivity contribution in [1.82, 2.24) is 5.32 Å². The normalized spacial score (nSPS) is 16.5. The largest absolute Gasteiger partial charge is 0.308 e. The minimum atomic E-state index is -0.695. The zero-order valence-electron chi connectivity index (χ0n) is 10.6. The molecule has 0 fully saturated rings. The molecule has 4 heteroatoms. The van der Waals surface area contributed by atoms with Crippen molar-refractivity contribution < 1.29 is 4.21 Å². The SMILES string of the molecule is CC(CCS(C)=O)NC(C)c1ccc(Br)cc1. The lowest BCUT2D eigenvalue weighted by atomic mass is 10.1. The van der Waals surface area contributed by atoms with Crippen molar-refractivity contribution in [2.24, 2.45) is 0 Å². The van der Waals surface area contributed by atoms with Crippen molar-refractivity contribution in [2.75, 3.05) is 12.0 Å². The Morgan fingerprint density at radius 1 is 1.29 bits per heavy atom. The van der Waals surface area contributed by atoms with E-state index in [-0.39, 0.29) is 0 Å². The molecule has 0 aliphatic carbocycles. The summed E-state index contributed by atoms with van der Waals surface area (Å²) in [5.74, 6) is 0.765. The van der Waals surface area contributed by atoms with Gasteiger partial charge in [-0.1, -0.05) is 28.1 Å². The second-order valence-electron chi connectivity index (χ2n) is 4.41. The van der Waals surface area contributed by atoms with Crippen LogP contribution in [0.1, 0.15) is 31.9 Å². The van der Waals surface area contributed by atoms with Crippen LogP contribution in [0.25, 0.3) is 0 Å². The Labute approximate surface area is 115 Å². The minimum Gasteiger partial charge on any atom is -0.308 e. The van der Waals surface area contributed by atoms with E-state index in [2.05, 4.69) is 59.4 Å². The molecule has 2 nitrogen and oxygen atoms in total. The maximum absolute atomic E-state index is 11.0. The van der Waals surface area contributed by atoms with Gasteiger partial charge in [-0.25, -0.2) is 0 Å². The van der Waals surface area contributed by atoms with Crippen LogP contribution in [-0.2, 0) is 10.8 Å². The highest BCUT2D eigenvalue weighted by molar-refractivity contribution is 9.10. The second kappa shape index (κ2) is 7.29. The average Bonchev–Trinajstić information content (AvgIpc) is 2.27. The van der Waals surface area contributed by atoms with E-state index in [1.165, 1.54) is 5.56 Å². The van der Waals surface area contributed by atoms with Gasteiger partial charge < -0.3 is 5.32 Å². The average molecular weight is 318 g/mol. The monoisotopic (exact) mass is 317 g/mol. The van der Waals surface area contributed by atoms with Crippen molar-refractivity contribution >= 4 is 26.7 Å². The topological polar surface area (TPSA) is 29.1 Å². The van der Waals surface area contributed by atoms with E-state index in [1.807, 2.05) is 0 Å². The molecule has 0 amide bonds. The van der Waals surface area contributed by atoms with Gasteiger partial charge in [-0.15, -0.1) is 0 Å². The summed E-state index contributed by atoms with van der Waals surface area (Å²) in [6, 6.07) is 9.05. The summed E-state index contributed by atoms with van der Waals surface area (Å²) in [4.78, 5) is 0. The molecule has 0 spiro atoms. The van der Waals surface area contributed by atoms with Crippen molar-refractivity contribution in [3.05, 3.63) is 34.3 Å². The summed E-state index contributed by atoms with van der Waals surface area (Å²) in [5, 5.41) is 3.52. The van der Waals surface area contributed by atoms with Gasteiger partial charge in [-0.05, 0) is 38.0 Å². The molecule has 1 rings (SSSR count). The molecule has 1 N–H and O–H groups in total. The van der Waals surface area contributed by atoms with Gasteiger partial charge in [0.1, 0.15) is 0 Å². The number of hydrogen-bond acceptors (Lipinski definition) is 2. The van der Waals surface area contributed by atoms with E-state index >= 15 is 0 Å². The lowest BCUT2D eigenvalue weighted by molar-refractivity contribution is 0.470. The first-order valence-electron chi connectivity index (χ1n) is 5.80. The Balaban J connectivity index is 2.45. The number of rotatable bonds is 6. The first-order valence-corrected chi connectivity index (χ1v) is 8.32. The molecule has 0 aliphatic rings. The van der Waals surface area contributed by atoms with Crippen LogP contribution >= 0.6 is 15.9 Å². The van der Waals surface area contributed by atoms with Gasteiger partial charge >= 0.3 is 0 Å². The molecule has 0 bridgehead atoms. The molecule has 0 aromatic heterocycles. The lowest BCUT2D eigenvalue weighted by Crippen LogP contribution is -2.30. The highest BCUT2D eigenvalue weighted by Crippen LogP contribution is 2.17. The fraction of sp³-hybridized carbons (Fsp3) is 0.538. The van der Waals surface area contributed by atoms with Gasteiger partial charge in [0, 0.05) is 39.4 Å². The Kier molecular flexibility index (Phi) is 6.38. The van der Waals surface area contributed by atoms with Crippen LogP contribution in [0.15, 0.2) is 28.7 Å². The van der Waals surface area contributed by atoms with Crippen LogP contribution in [0.3, 0.4) is 0 Å². The molecule has 0 radical (unpaired) electrons. The van der Waals surface area contributed by atoms with Gasteiger partial charge in [-0.3, -0.25) is 4.21 Å². The summed E-state index contributed by atoms with van der Waals surface area (Å²) in [7, 11) is -0.695. The fourth-order valence-corrected chi connectivity index (χ4v) is 2.65. The Morgan fingerprint density at radius 3 is 2.41 bits per heavy atom. The molecule has 96 valence electrons. The minimum absolute atomic E-state index is 0.323. The smallest absolute Gasteiger partial charge is 0.0294 e. The predicted octanol–water partition coefficient (Wildman–Crippen LogP) is 3.26. The molecule has 1 aromatic rings. The third-order valence-corrected chi connectivity index (χ3v) is 4.08. The van der Waals surface area contributed by atoms with E-state index in [0.717, 1.165) is 16.6 Å². The first-order chi connectivity index (χ1) is 7.99. The molecule has 1 aromatic carbocycles. The number of benzene rings is 1. The van der Waals surface area contributed by atoms with Crippen LogP contribution < -0.4 is 5.32 Å². The van der Waals surface area contributed by atoms with E-state index in [4.69, 9.17) is 0 Å². The fourth-order valence-electron chi connectivity index (χ4n) is 1.70. The van der Waals surface area contributed by atoms with E-state index < -0.39 is 10.8 Å². The Bertz CT molecular complexity index is 366. The van der Waals surface area contributed by atoms with Crippen molar-refractivity contribution in [3.63, 3.8) is 0 Å². The molecule has 0 saturated carbocycles. The highest BCUT2D eigenvalue weighted by Gasteiger charge is 2.09. The molecule has 0 heterocycles. The standard InChI is InChI=1S/C13H20BrNOS/c1-10(8-9-17(3)16)15-11(2)12-4-6-13(14)7-5-12/h4-7,10-11,15H,8-9H2,1-3H3. The zero-order valence-corrected chi connectivity index (χ0v) is 13.0. The van der Waals surface area contributed by atoms with Crippen LogP contribution in [0.5, 0.6) is 0 Å². The first kappa shape index (κ1) is 14.9. The predicted molar refractivity (Wildman–Crippen MR) is 78.7 cm³/mol. The van der Waals surface area contributed by atoms with Crippen molar-refractivity contribution in [2.45, 2.75) is 32.4 Å². The van der Waals surface area contributed by atoms with Crippen LogP contribution in [-0.4, -0.2) is 22.3 Å². The number of hydrogen-bond donors (Lipinski definition) is 1. The molecule has 0 saturated heterocycles. The zero-order chi connectivity index (χ0) is 12.8. The Morgan fingerprint density at radius 2 is 1.88 bits per heavy atom. The maximum Gasteiger partial charge on any atom is 0.0294 e. The lowest BCUT2D eigenvalue weighted by Gasteiger charge is -2.20. The third kappa shape index (κ3) is 5.80. The molecule has 0 aliphatic heterocycles. The van der Waals surface area contributed by atoms with Crippen LogP contribution in [0.2, 0.25) is 0 Å². The van der Waals surface area contributed by atoms with Crippen molar-refractivity contribution in [3.8, 4) is 0 Å². The number of nitrogens with one attached hydrogen (secondary N) is 1. The van der Waals surface area contributed by atoms with Crippen LogP contribution in [0, 0.1) is 0 Å².